The lowest BCUT2D eigenvalue weighted by atomic mass is 10.0. The number of carbonyl (C=O) groups excluding carboxylic acids is 1. The zero-order valence-corrected chi connectivity index (χ0v) is 18.7. The fourth-order valence-electron chi connectivity index (χ4n) is 3.40. The van der Waals surface area contributed by atoms with E-state index in [2.05, 4.69) is 58.6 Å². The minimum absolute atomic E-state index is 0.0867. The SMILES string of the molecule is [N-]=[N+]=Nc1ccc(C(=O)C=Cc2ccccc2)cc1.c1ccc2c(c1)Cc1ccccc1S2. The summed E-state index contributed by atoms with van der Waals surface area (Å²) in [4.78, 5) is 17.4. The second-order valence-electron chi connectivity index (χ2n) is 7.34. The first kappa shape index (κ1) is 22.2. The van der Waals surface area contributed by atoms with Crippen LogP contribution in [0.2, 0.25) is 0 Å². The van der Waals surface area contributed by atoms with E-state index < -0.39 is 0 Å². The number of hydrogen-bond acceptors (Lipinski definition) is 3. The number of nitrogens with zero attached hydrogens (tertiary/aromatic N) is 3. The molecule has 1 aliphatic heterocycles. The molecule has 1 heterocycles. The fraction of sp³-hybridized carbons (Fsp3) is 0.0357. The van der Waals surface area contributed by atoms with Gasteiger partial charge in [-0.2, -0.15) is 0 Å². The van der Waals surface area contributed by atoms with Crippen molar-refractivity contribution < 1.29 is 4.79 Å². The molecule has 0 amide bonds. The van der Waals surface area contributed by atoms with Gasteiger partial charge in [-0.3, -0.25) is 4.79 Å². The van der Waals surface area contributed by atoms with Gasteiger partial charge in [0.15, 0.2) is 5.78 Å². The Kier molecular flexibility index (Phi) is 7.39. The lowest BCUT2D eigenvalue weighted by Crippen LogP contribution is -1.98. The predicted octanol–water partition coefficient (Wildman–Crippen LogP) is 8.27. The molecule has 4 nitrogen and oxygen atoms in total. The largest absolute Gasteiger partial charge is 0.289 e. The molecule has 160 valence electrons. The number of ketones is 1. The van der Waals surface area contributed by atoms with E-state index in [0.717, 1.165) is 12.0 Å². The summed E-state index contributed by atoms with van der Waals surface area (Å²) < 4.78 is 0. The number of fused-ring (bicyclic) bond motifs is 2. The molecular weight excluding hydrogens is 426 g/mol. The van der Waals surface area contributed by atoms with Gasteiger partial charge >= 0.3 is 0 Å². The van der Waals surface area contributed by atoms with Gasteiger partial charge < -0.3 is 0 Å². The number of benzene rings is 4. The highest BCUT2D eigenvalue weighted by molar-refractivity contribution is 7.99. The van der Waals surface area contributed by atoms with Crippen LogP contribution < -0.4 is 0 Å². The van der Waals surface area contributed by atoms with Gasteiger partial charge in [-0.25, -0.2) is 0 Å². The van der Waals surface area contributed by atoms with Crippen LogP contribution in [0.3, 0.4) is 0 Å². The average Bonchev–Trinajstić information content (AvgIpc) is 2.87. The van der Waals surface area contributed by atoms with Crippen LogP contribution in [0.15, 0.2) is 124 Å². The summed E-state index contributed by atoms with van der Waals surface area (Å²) in [5.41, 5.74) is 13.2. The Hall–Kier alpha value is -4.05. The van der Waals surface area contributed by atoms with Crippen molar-refractivity contribution in [1.29, 1.82) is 0 Å². The van der Waals surface area contributed by atoms with E-state index in [1.165, 1.54) is 27.0 Å². The van der Waals surface area contributed by atoms with E-state index >= 15 is 0 Å². The van der Waals surface area contributed by atoms with Crippen LogP contribution in [0.1, 0.15) is 27.0 Å². The summed E-state index contributed by atoms with van der Waals surface area (Å²) in [6.45, 7) is 0. The standard InChI is InChI=1S/C15H11N3O.C13H10S/c16-18-17-14-9-7-13(8-10-14)15(19)11-6-12-4-2-1-3-5-12;1-3-7-12-10(5-1)9-11-6-2-4-8-13(11)14-12/h1-11H;1-8H,9H2. The Bertz CT molecular complexity index is 1240. The third-order valence-electron chi connectivity index (χ3n) is 5.08. The van der Waals surface area contributed by atoms with Crippen LogP contribution in [0, 0.1) is 0 Å². The lowest BCUT2D eigenvalue weighted by molar-refractivity contribution is 0.104. The highest BCUT2D eigenvalue weighted by Gasteiger charge is 2.13. The maximum absolute atomic E-state index is 11.9. The van der Waals surface area contributed by atoms with E-state index in [-0.39, 0.29) is 5.78 Å². The van der Waals surface area contributed by atoms with Crippen molar-refractivity contribution in [3.8, 4) is 0 Å². The van der Waals surface area contributed by atoms with Crippen LogP contribution in [0.25, 0.3) is 16.5 Å². The van der Waals surface area contributed by atoms with Crippen LogP contribution in [0.4, 0.5) is 5.69 Å². The Morgan fingerprint density at radius 3 is 1.97 bits per heavy atom. The molecule has 4 aromatic carbocycles. The average molecular weight is 448 g/mol. The fourth-order valence-corrected chi connectivity index (χ4v) is 4.47. The lowest BCUT2D eigenvalue weighted by Gasteiger charge is -2.17. The summed E-state index contributed by atoms with van der Waals surface area (Å²) in [7, 11) is 0. The molecule has 0 aromatic heterocycles. The van der Waals surface area contributed by atoms with Gasteiger partial charge in [0.2, 0.25) is 0 Å². The smallest absolute Gasteiger partial charge is 0.185 e. The molecule has 33 heavy (non-hydrogen) atoms. The summed E-state index contributed by atoms with van der Waals surface area (Å²) in [6, 6.07) is 33.4. The number of rotatable bonds is 4. The van der Waals surface area contributed by atoms with E-state index in [0.29, 0.717) is 11.3 Å². The summed E-state index contributed by atoms with van der Waals surface area (Å²) in [5.74, 6) is -0.0867. The van der Waals surface area contributed by atoms with E-state index in [1.807, 2.05) is 42.1 Å². The molecule has 5 rings (SSSR count). The number of hydrogen-bond donors (Lipinski definition) is 0. The monoisotopic (exact) mass is 447 g/mol. The second-order valence-corrected chi connectivity index (χ2v) is 8.42. The minimum Gasteiger partial charge on any atom is -0.289 e. The first-order valence-corrected chi connectivity index (χ1v) is 11.3. The van der Waals surface area contributed by atoms with Crippen molar-refractivity contribution in [3.63, 3.8) is 0 Å². The molecule has 0 aliphatic carbocycles. The zero-order valence-electron chi connectivity index (χ0n) is 17.8. The molecule has 0 bridgehead atoms. The predicted molar refractivity (Wildman–Crippen MR) is 135 cm³/mol. The van der Waals surface area contributed by atoms with Crippen molar-refractivity contribution in [1.82, 2.24) is 0 Å². The first-order valence-electron chi connectivity index (χ1n) is 10.5. The first-order chi connectivity index (χ1) is 16.2. The number of allylic oxidation sites excluding steroid dienone is 1. The van der Waals surface area contributed by atoms with Crippen LogP contribution in [-0.2, 0) is 6.42 Å². The zero-order chi connectivity index (χ0) is 22.9. The molecule has 0 unspecified atom stereocenters. The number of azide groups is 1. The second kappa shape index (κ2) is 11.0. The summed E-state index contributed by atoms with van der Waals surface area (Å²) in [5, 5.41) is 3.45. The molecule has 0 saturated carbocycles. The van der Waals surface area contributed by atoms with Gasteiger partial charge in [-0.15, -0.1) is 0 Å². The van der Waals surface area contributed by atoms with Crippen molar-refractivity contribution in [2.45, 2.75) is 16.2 Å². The van der Waals surface area contributed by atoms with Gasteiger partial charge in [-0.1, -0.05) is 114 Å². The van der Waals surface area contributed by atoms with Gasteiger partial charge in [-0.05, 0) is 46.9 Å². The highest BCUT2D eigenvalue weighted by atomic mass is 32.2. The van der Waals surface area contributed by atoms with Crippen LogP contribution >= 0.6 is 11.8 Å². The van der Waals surface area contributed by atoms with Crippen molar-refractivity contribution in [2.24, 2.45) is 5.11 Å². The van der Waals surface area contributed by atoms with Crippen molar-refractivity contribution >= 4 is 29.3 Å². The topological polar surface area (TPSA) is 65.8 Å². The van der Waals surface area contributed by atoms with E-state index in [4.69, 9.17) is 5.53 Å². The summed E-state index contributed by atoms with van der Waals surface area (Å²) in [6.07, 6.45) is 4.38. The van der Waals surface area contributed by atoms with Gasteiger partial charge in [0.1, 0.15) is 0 Å². The molecule has 1 aliphatic rings. The molecule has 0 N–H and O–H groups in total. The molecule has 0 fully saturated rings. The molecule has 0 spiro atoms. The maximum atomic E-state index is 11.9. The van der Waals surface area contributed by atoms with E-state index in [1.54, 1.807) is 30.3 Å². The molecule has 5 heteroatoms. The Labute approximate surface area is 197 Å². The normalized spacial score (nSPS) is 11.4. The van der Waals surface area contributed by atoms with Crippen LogP contribution in [0.5, 0.6) is 0 Å². The number of carbonyl (C=O) groups is 1. The molecule has 4 aromatic rings. The third-order valence-corrected chi connectivity index (χ3v) is 6.32. The van der Waals surface area contributed by atoms with E-state index in [9.17, 15) is 4.79 Å². The molecule has 0 saturated heterocycles. The minimum atomic E-state index is -0.0867. The van der Waals surface area contributed by atoms with Gasteiger partial charge in [0.05, 0.1) is 0 Å². The van der Waals surface area contributed by atoms with Crippen LogP contribution in [-0.4, -0.2) is 5.78 Å². The Morgan fingerprint density at radius 1 is 0.788 bits per heavy atom. The summed E-state index contributed by atoms with van der Waals surface area (Å²) >= 11 is 1.88. The molecule has 0 radical (unpaired) electrons. The van der Waals surface area contributed by atoms with Gasteiger partial charge in [0.25, 0.3) is 0 Å². The molecule has 0 atom stereocenters. The molecular formula is C28H21N3OS. The highest BCUT2D eigenvalue weighted by Crippen LogP contribution is 2.38. The quantitative estimate of drug-likeness (QED) is 0.0914. The Balaban J connectivity index is 0.000000163. The third kappa shape index (κ3) is 6.01. The van der Waals surface area contributed by atoms with Crippen molar-refractivity contribution in [3.05, 3.63) is 142 Å². The maximum Gasteiger partial charge on any atom is 0.185 e. The van der Waals surface area contributed by atoms with Crippen molar-refractivity contribution in [2.75, 3.05) is 0 Å². The van der Waals surface area contributed by atoms with Gasteiger partial charge in [0, 0.05) is 26.0 Å². The Morgan fingerprint density at radius 2 is 1.36 bits per heavy atom.